The molecule has 0 saturated carbocycles. The average Bonchev–Trinajstić information content (AvgIpc) is 3.15. The molecular formula is C18H32N6O2S. The van der Waals surface area contributed by atoms with E-state index in [2.05, 4.69) is 32.4 Å². The summed E-state index contributed by atoms with van der Waals surface area (Å²) in [7, 11) is 3.48. The number of amides is 1. The third-order valence-electron chi connectivity index (χ3n) is 4.28. The Labute approximate surface area is 166 Å². The van der Waals surface area contributed by atoms with Crippen molar-refractivity contribution in [1.82, 2.24) is 25.4 Å². The fourth-order valence-electron chi connectivity index (χ4n) is 2.55. The van der Waals surface area contributed by atoms with Gasteiger partial charge in [-0.3, -0.25) is 9.69 Å². The zero-order chi connectivity index (χ0) is 19.5. The predicted octanol–water partition coefficient (Wildman–Crippen LogP) is 0.551. The number of carbonyl (C=O) groups excluding carboxylic acids is 1. The number of thiazole rings is 1. The fourth-order valence-corrected chi connectivity index (χ4v) is 3.35. The van der Waals surface area contributed by atoms with Crippen LogP contribution in [0.2, 0.25) is 0 Å². The van der Waals surface area contributed by atoms with E-state index in [-0.39, 0.29) is 12.5 Å². The van der Waals surface area contributed by atoms with Crippen LogP contribution < -0.4 is 10.6 Å². The van der Waals surface area contributed by atoms with Crippen molar-refractivity contribution in [2.24, 2.45) is 4.99 Å². The van der Waals surface area contributed by atoms with E-state index >= 15 is 0 Å². The lowest BCUT2D eigenvalue weighted by Crippen LogP contribution is -2.41. The van der Waals surface area contributed by atoms with Crippen LogP contribution in [0.5, 0.6) is 0 Å². The van der Waals surface area contributed by atoms with Gasteiger partial charge in [-0.15, -0.1) is 11.3 Å². The first-order valence-electron chi connectivity index (χ1n) is 9.54. The highest BCUT2D eigenvalue weighted by atomic mass is 32.1. The van der Waals surface area contributed by atoms with Gasteiger partial charge in [-0.25, -0.2) is 9.98 Å². The minimum absolute atomic E-state index is 0.0214. The maximum Gasteiger partial charge on any atom is 0.243 e. The normalized spacial score (nSPS) is 15.6. The van der Waals surface area contributed by atoms with Crippen LogP contribution in [-0.4, -0.2) is 86.7 Å². The molecule has 1 aromatic rings. The molecule has 1 saturated heterocycles. The van der Waals surface area contributed by atoms with Crippen molar-refractivity contribution < 1.29 is 9.53 Å². The van der Waals surface area contributed by atoms with Gasteiger partial charge < -0.3 is 20.3 Å². The number of ether oxygens (including phenoxy) is 1. The van der Waals surface area contributed by atoms with Crippen LogP contribution in [0.3, 0.4) is 0 Å². The first-order chi connectivity index (χ1) is 13.1. The SMILES string of the molecule is CCc1cnc(CNC(=NCC(=O)N(C)C)NCCCN2CCOCC2)s1. The van der Waals surface area contributed by atoms with Crippen LogP contribution >= 0.6 is 11.3 Å². The lowest BCUT2D eigenvalue weighted by Gasteiger charge is -2.26. The Bertz CT molecular complexity index is 598. The highest BCUT2D eigenvalue weighted by Crippen LogP contribution is 2.12. The molecule has 2 N–H and O–H groups in total. The molecular weight excluding hydrogens is 364 g/mol. The molecule has 1 aliphatic rings. The number of carbonyl (C=O) groups is 1. The molecule has 0 bridgehead atoms. The molecule has 1 amide bonds. The third kappa shape index (κ3) is 8.23. The summed E-state index contributed by atoms with van der Waals surface area (Å²) in [4.78, 5) is 25.9. The van der Waals surface area contributed by atoms with Crippen molar-refractivity contribution in [2.75, 3.05) is 60.0 Å². The number of rotatable bonds is 9. The summed E-state index contributed by atoms with van der Waals surface area (Å²) >= 11 is 1.70. The quantitative estimate of drug-likeness (QED) is 0.360. The molecule has 0 aliphatic carbocycles. The second-order valence-corrected chi connectivity index (χ2v) is 7.81. The van der Waals surface area contributed by atoms with Crippen molar-refractivity contribution in [1.29, 1.82) is 0 Å². The topological polar surface area (TPSA) is 82.1 Å². The molecule has 1 aromatic heterocycles. The van der Waals surface area contributed by atoms with Gasteiger partial charge in [0.2, 0.25) is 5.91 Å². The van der Waals surface area contributed by atoms with Crippen LogP contribution in [0.15, 0.2) is 11.2 Å². The van der Waals surface area contributed by atoms with Crippen molar-refractivity contribution >= 4 is 23.2 Å². The summed E-state index contributed by atoms with van der Waals surface area (Å²) in [5.74, 6) is 0.632. The molecule has 1 aliphatic heterocycles. The molecule has 0 atom stereocenters. The lowest BCUT2D eigenvalue weighted by molar-refractivity contribution is -0.127. The van der Waals surface area contributed by atoms with E-state index in [9.17, 15) is 4.79 Å². The standard InChI is InChI=1S/C18H32N6O2S/c1-4-15-12-20-16(27-15)13-21-18(22-14-17(25)23(2)3)19-6-5-7-24-8-10-26-11-9-24/h12H,4-11,13-14H2,1-3H3,(H2,19,21,22). The minimum atomic E-state index is -0.0214. The average molecular weight is 397 g/mol. The van der Waals surface area contributed by atoms with Crippen molar-refractivity contribution in [2.45, 2.75) is 26.3 Å². The second kappa shape index (κ2) is 11.9. The van der Waals surface area contributed by atoms with Gasteiger partial charge in [0.15, 0.2) is 5.96 Å². The summed E-state index contributed by atoms with van der Waals surface area (Å²) in [6, 6.07) is 0. The van der Waals surface area contributed by atoms with Crippen LogP contribution in [-0.2, 0) is 22.5 Å². The smallest absolute Gasteiger partial charge is 0.243 e. The number of hydrogen-bond donors (Lipinski definition) is 2. The number of aryl methyl sites for hydroxylation is 1. The molecule has 2 rings (SSSR count). The van der Waals surface area contributed by atoms with E-state index in [1.807, 2.05) is 6.20 Å². The van der Waals surface area contributed by atoms with Crippen LogP contribution in [0.25, 0.3) is 0 Å². The Kier molecular flexibility index (Phi) is 9.51. The van der Waals surface area contributed by atoms with Gasteiger partial charge in [0.25, 0.3) is 0 Å². The summed E-state index contributed by atoms with van der Waals surface area (Å²) in [5, 5.41) is 7.64. The van der Waals surface area contributed by atoms with Crippen LogP contribution in [0.4, 0.5) is 0 Å². The van der Waals surface area contributed by atoms with E-state index in [0.717, 1.165) is 57.2 Å². The van der Waals surface area contributed by atoms with Crippen molar-refractivity contribution in [3.8, 4) is 0 Å². The first kappa shape index (κ1) is 21.6. The van der Waals surface area contributed by atoms with Gasteiger partial charge in [0.1, 0.15) is 11.6 Å². The molecule has 0 unspecified atom stereocenters. The number of hydrogen-bond acceptors (Lipinski definition) is 6. The number of nitrogens with one attached hydrogen (secondary N) is 2. The Morgan fingerprint density at radius 3 is 2.81 bits per heavy atom. The fraction of sp³-hybridized carbons (Fsp3) is 0.722. The minimum Gasteiger partial charge on any atom is -0.379 e. The molecule has 2 heterocycles. The molecule has 9 heteroatoms. The van der Waals surface area contributed by atoms with E-state index in [1.165, 1.54) is 4.88 Å². The molecule has 8 nitrogen and oxygen atoms in total. The molecule has 152 valence electrons. The van der Waals surface area contributed by atoms with Gasteiger partial charge in [-0.1, -0.05) is 6.92 Å². The third-order valence-corrected chi connectivity index (χ3v) is 5.42. The number of nitrogens with zero attached hydrogens (tertiary/aromatic N) is 4. The highest BCUT2D eigenvalue weighted by molar-refractivity contribution is 7.11. The zero-order valence-electron chi connectivity index (χ0n) is 16.7. The molecule has 27 heavy (non-hydrogen) atoms. The highest BCUT2D eigenvalue weighted by Gasteiger charge is 2.10. The number of morpholine rings is 1. The predicted molar refractivity (Wildman–Crippen MR) is 109 cm³/mol. The molecule has 0 radical (unpaired) electrons. The Balaban J connectivity index is 1.80. The number of aromatic nitrogens is 1. The maximum absolute atomic E-state index is 11.8. The number of guanidine groups is 1. The van der Waals surface area contributed by atoms with Crippen LogP contribution in [0.1, 0.15) is 23.2 Å². The van der Waals surface area contributed by atoms with Gasteiger partial charge in [-0.05, 0) is 19.4 Å². The van der Waals surface area contributed by atoms with Crippen molar-refractivity contribution in [3.05, 3.63) is 16.1 Å². The van der Waals surface area contributed by atoms with E-state index in [4.69, 9.17) is 4.74 Å². The van der Waals surface area contributed by atoms with E-state index < -0.39 is 0 Å². The van der Waals surface area contributed by atoms with Gasteiger partial charge >= 0.3 is 0 Å². The van der Waals surface area contributed by atoms with Gasteiger partial charge in [-0.2, -0.15) is 0 Å². The van der Waals surface area contributed by atoms with Crippen molar-refractivity contribution in [3.63, 3.8) is 0 Å². The van der Waals surface area contributed by atoms with Gasteiger partial charge in [0, 0.05) is 44.8 Å². The van der Waals surface area contributed by atoms with E-state index in [0.29, 0.717) is 12.5 Å². The summed E-state index contributed by atoms with van der Waals surface area (Å²) < 4.78 is 5.37. The zero-order valence-corrected chi connectivity index (χ0v) is 17.5. The molecule has 1 fully saturated rings. The van der Waals surface area contributed by atoms with Crippen LogP contribution in [0, 0.1) is 0 Å². The van der Waals surface area contributed by atoms with E-state index in [1.54, 1.807) is 30.3 Å². The summed E-state index contributed by atoms with van der Waals surface area (Å²) in [6.45, 7) is 8.34. The molecule has 0 aromatic carbocycles. The number of likely N-dealkylation sites (N-methyl/N-ethyl adjacent to an activating group) is 1. The maximum atomic E-state index is 11.8. The molecule has 0 spiro atoms. The number of aliphatic imine (C=N–C) groups is 1. The monoisotopic (exact) mass is 396 g/mol. The van der Waals surface area contributed by atoms with Gasteiger partial charge in [0.05, 0.1) is 19.8 Å². The Hall–Kier alpha value is -1.71. The Morgan fingerprint density at radius 1 is 1.37 bits per heavy atom. The first-order valence-corrected chi connectivity index (χ1v) is 10.4. The summed E-state index contributed by atoms with van der Waals surface area (Å²) in [6.07, 6.45) is 3.93. The lowest BCUT2D eigenvalue weighted by atomic mass is 10.3. The largest absolute Gasteiger partial charge is 0.379 e. The second-order valence-electron chi connectivity index (χ2n) is 6.61. The Morgan fingerprint density at radius 2 is 2.15 bits per heavy atom. The summed E-state index contributed by atoms with van der Waals surface area (Å²) in [5.41, 5.74) is 0.